The lowest BCUT2D eigenvalue weighted by Crippen LogP contribution is -2.33. The van der Waals surface area contributed by atoms with Crippen molar-refractivity contribution in [3.05, 3.63) is 47.8 Å². The van der Waals surface area contributed by atoms with E-state index in [-0.39, 0.29) is 25.6 Å². The molecule has 0 saturated heterocycles. The molecule has 2 aromatic rings. The fourth-order valence-electron chi connectivity index (χ4n) is 1.82. The van der Waals surface area contributed by atoms with Crippen LogP contribution in [-0.4, -0.2) is 32.6 Å². The number of carbonyl (C=O) groups is 1. The van der Waals surface area contributed by atoms with Gasteiger partial charge >= 0.3 is 0 Å². The van der Waals surface area contributed by atoms with Crippen LogP contribution < -0.4 is 11.1 Å². The Bertz CT molecular complexity index is 555. The van der Waals surface area contributed by atoms with Crippen molar-refractivity contribution in [1.29, 1.82) is 0 Å². The van der Waals surface area contributed by atoms with Crippen molar-refractivity contribution in [2.45, 2.75) is 19.1 Å². The largest absolute Gasteiger partial charge is 0.394 e. The molecular formula is C13H17N5O2. The molecule has 7 nitrogen and oxygen atoms in total. The maximum atomic E-state index is 11.9. The second-order valence-corrected chi connectivity index (χ2v) is 4.32. The zero-order chi connectivity index (χ0) is 14.4. The van der Waals surface area contributed by atoms with Crippen LogP contribution in [0.1, 0.15) is 17.3 Å². The molecule has 1 atom stereocenters. The second kappa shape index (κ2) is 6.78. The molecule has 20 heavy (non-hydrogen) atoms. The quantitative estimate of drug-likeness (QED) is 0.664. The van der Waals surface area contributed by atoms with E-state index < -0.39 is 6.04 Å². The first kappa shape index (κ1) is 14.2. The highest BCUT2D eigenvalue weighted by atomic mass is 16.3. The number of hydrogen-bond donors (Lipinski definition) is 3. The van der Waals surface area contributed by atoms with Gasteiger partial charge in [0.15, 0.2) is 0 Å². The van der Waals surface area contributed by atoms with Gasteiger partial charge in [0.2, 0.25) is 5.91 Å². The summed E-state index contributed by atoms with van der Waals surface area (Å²) in [6, 6.07) is 8.86. The van der Waals surface area contributed by atoms with Crippen LogP contribution in [0.4, 0.5) is 0 Å². The fraction of sp³-hybridized carbons (Fsp3) is 0.308. The van der Waals surface area contributed by atoms with Gasteiger partial charge in [0, 0.05) is 6.54 Å². The Morgan fingerprint density at radius 1 is 1.40 bits per heavy atom. The summed E-state index contributed by atoms with van der Waals surface area (Å²) < 4.78 is 1.41. The molecule has 0 bridgehead atoms. The highest BCUT2D eigenvalue weighted by Gasteiger charge is 2.14. The average Bonchev–Trinajstić information content (AvgIpc) is 2.93. The first-order valence-electron chi connectivity index (χ1n) is 6.27. The lowest BCUT2D eigenvalue weighted by Gasteiger charge is -2.16. The molecule has 1 amide bonds. The molecule has 0 aliphatic rings. The van der Waals surface area contributed by atoms with Crippen LogP contribution >= 0.6 is 0 Å². The summed E-state index contributed by atoms with van der Waals surface area (Å²) in [6.07, 6.45) is 1.62. The van der Waals surface area contributed by atoms with Gasteiger partial charge in [-0.3, -0.25) is 4.79 Å². The first-order valence-corrected chi connectivity index (χ1v) is 6.27. The Hall–Kier alpha value is -2.25. The summed E-state index contributed by atoms with van der Waals surface area (Å²) in [6.45, 7) is 0.155. The van der Waals surface area contributed by atoms with E-state index in [9.17, 15) is 9.90 Å². The zero-order valence-corrected chi connectivity index (χ0v) is 10.9. The molecule has 0 radical (unpaired) electrons. The number of rotatable bonds is 6. The van der Waals surface area contributed by atoms with Crippen LogP contribution in [0.3, 0.4) is 0 Å². The summed E-state index contributed by atoms with van der Waals surface area (Å²) in [7, 11) is 0. The SMILES string of the molecule is NCc1cn(CC(=O)N[C@H](CO)c2ccccc2)nn1. The highest BCUT2D eigenvalue weighted by Crippen LogP contribution is 2.11. The lowest BCUT2D eigenvalue weighted by atomic mass is 10.1. The number of nitrogens with zero attached hydrogens (tertiary/aromatic N) is 3. The van der Waals surface area contributed by atoms with Gasteiger partial charge in [-0.05, 0) is 5.56 Å². The number of aromatic nitrogens is 3. The number of nitrogens with two attached hydrogens (primary N) is 1. The van der Waals surface area contributed by atoms with Gasteiger partial charge in [-0.1, -0.05) is 35.5 Å². The zero-order valence-electron chi connectivity index (χ0n) is 10.9. The normalized spacial score (nSPS) is 12.1. The average molecular weight is 275 g/mol. The van der Waals surface area contributed by atoms with Gasteiger partial charge < -0.3 is 16.2 Å². The third-order valence-corrected chi connectivity index (χ3v) is 2.82. The maximum Gasteiger partial charge on any atom is 0.242 e. The molecule has 0 saturated carbocycles. The van der Waals surface area contributed by atoms with Crippen molar-refractivity contribution in [2.24, 2.45) is 5.73 Å². The van der Waals surface area contributed by atoms with Crippen molar-refractivity contribution < 1.29 is 9.90 Å². The number of nitrogens with one attached hydrogen (secondary N) is 1. The standard InChI is InChI=1S/C13H17N5O2/c14-6-11-7-18(17-16-11)8-13(20)15-12(9-19)10-4-2-1-3-5-10/h1-5,7,12,19H,6,8-9,14H2,(H,15,20)/t12-/m1/s1. The molecule has 7 heteroatoms. The molecule has 106 valence electrons. The molecule has 0 unspecified atom stereocenters. The molecule has 2 rings (SSSR count). The Labute approximate surface area is 116 Å². The predicted molar refractivity (Wildman–Crippen MR) is 72.3 cm³/mol. The third-order valence-electron chi connectivity index (χ3n) is 2.82. The molecule has 0 aliphatic heterocycles. The van der Waals surface area contributed by atoms with Crippen molar-refractivity contribution >= 4 is 5.91 Å². The monoisotopic (exact) mass is 275 g/mol. The Morgan fingerprint density at radius 3 is 2.75 bits per heavy atom. The number of hydrogen-bond acceptors (Lipinski definition) is 5. The van der Waals surface area contributed by atoms with Gasteiger partial charge in [0.1, 0.15) is 6.54 Å². The van der Waals surface area contributed by atoms with Crippen LogP contribution in [-0.2, 0) is 17.9 Å². The van der Waals surface area contributed by atoms with Crippen molar-refractivity contribution in [2.75, 3.05) is 6.61 Å². The van der Waals surface area contributed by atoms with E-state index in [1.807, 2.05) is 30.3 Å². The highest BCUT2D eigenvalue weighted by molar-refractivity contribution is 5.76. The first-order chi connectivity index (χ1) is 9.72. The minimum Gasteiger partial charge on any atom is -0.394 e. The van der Waals surface area contributed by atoms with E-state index in [2.05, 4.69) is 15.6 Å². The smallest absolute Gasteiger partial charge is 0.242 e. The minimum atomic E-state index is -0.429. The van der Waals surface area contributed by atoms with E-state index in [4.69, 9.17) is 5.73 Å². The van der Waals surface area contributed by atoms with Gasteiger partial charge in [-0.2, -0.15) is 0 Å². The summed E-state index contributed by atoms with van der Waals surface area (Å²) in [4.78, 5) is 11.9. The number of carbonyl (C=O) groups excluding carboxylic acids is 1. The van der Waals surface area contributed by atoms with Crippen LogP contribution in [0.25, 0.3) is 0 Å². The van der Waals surface area contributed by atoms with Gasteiger partial charge in [-0.15, -0.1) is 5.10 Å². The number of amides is 1. The topological polar surface area (TPSA) is 106 Å². The number of benzene rings is 1. The molecule has 1 aromatic heterocycles. The molecule has 0 spiro atoms. The van der Waals surface area contributed by atoms with E-state index >= 15 is 0 Å². The second-order valence-electron chi connectivity index (χ2n) is 4.32. The molecule has 4 N–H and O–H groups in total. The van der Waals surface area contributed by atoms with E-state index in [0.717, 1.165) is 5.56 Å². The van der Waals surface area contributed by atoms with Gasteiger partial charge in [0.25, 0.3) is 0 Å². The molecular weight excluding hydrogens is 258 g/mol. The molecule has 1 heterocycles. The van der Waals surface area contributed by atoms with E-state index in [1.165, 1.54) is 4.68 Å². The summed E-state index contributed by atoms with van der Waals surface area (Å²) in [5, 5.41) is 19.7. The summed E-state index contributed by atoms with van der Waals surface area (Å²) in [5.41, 5.74) is 6.90. The van der Waals surface area contributed by atoms with Crippen LogP contribution in [0, 0.1) is 0 Å². The van der Waals surface area contributed by atoms with E-state index in [0.29, 0.717) is 5.69 Å². The third kappa shape index (κ3) is 3.62. The predicted octanol–water partition coefficient (Wildman–Crippen LogP) is -0.413. The van der Waals surface area contributed by atoms with Crippen molar-refractivity contribution in [3.8, 4) is 0 Å². The summed E-state index contributed by atoms with van der Waals surface area (Å²) in [5.74, 6) is -0.249. The lowest BCUT2D eigenvalue weighted by molar-refractivity contribution is -0.123. The van der Waals surface area contributed by atoms with Gasteiger partial charge in [-0.25, -0.2) is 4.68 Å². The van der Waals surface area contributed by atoms with Crippen molar-refractivity contribution in [3.63, 3.8) is 0 Å². The fourth-order valence-corrected chi connectivity index (χ4v) is 1.82. The minimum absolute atomic E-state index is 0.0380. The van der Waals surface area contributed by atoms with Crippen LogP contribution in [0.2, 0.25) is 0 Å². The van der Waals surface area contributed by atoms with E-state index in [1.54, 1.807) is 6.20 Å². The Kier molecular flexibility index (Phi) is 4.80. The van der Waals surface area contributed by atoms with Crippen LogP contribution in [0.15, 0.2) is 36.5 Å². The maximum absolute atomic E-state index is 11.9. The van der Waals surface area contributed by atoms with Crippen LogP contribution in [0.5, 0.6) is 0 Å². The molecule has 0 fully saturated rings. The Balaban J connectivity index is 1.96. The number of aliphatic hydroxyl groups excluding tert-OH is 1. The summed E-state index contributed by atoms with van der Waals surface area (Å²) >= 11 is 0. The molecule has 1 aromatic carbocycles. The van der Waals surface area contributed by atoms with Gasteiger partial charge in [0.05, 0.1) is 24.5 Å². The molecule has 0 aliphatic carbocycles. The Morgan fingerprint density at radius 2 is 2.15 bits per heavy atom. The number of aliphatic hydroxyl groups is 1. The van der Waals surface area contributed by atoms with Crippen molar-refractivity contribution in [1.82, 2.24) is 20.3 Å².